The average molecular weight is 347 g/mol. The Bertz CT molecular complexity index is 1100. The van der Waals surface area contributed by atoms with Crippen LogP contribution in [0.5, 0.6) is 0 Å². The van der Waals surface area contributed by atoms with Crippen molar-refractivity contribution in [2.75, 3.05) is 6.61 Å². The molecule has 0 saturated carbocycles. The van der Waals surface area contributed by atoms with E-state index in [-0.39, 0.29) is 6.61 Å². The third kappa shape index (κ3) is 2.73. The molecule has 0 aliphatic heterocycles. The first-order valence-corrected chi connectivity index (χ1v) is 8.30. The summed E-state index contributed by atoms with van der Waals surface area (Å²) >= 11 is 0. The Morgan fingerprint density at radius 3 is 2.96 bits per heavy atom. The quantitative estimate of drug-likeness (QED) is 0.573. The van der Waals surface area contributed by atoms with Gasteiger partial charge >= 0.3 is 5.97 Å². The Labute approximate surface area is 149 Å². The minimum absolute atomic E-state index is 0.288. The van der Waals surface area contributed by atoms with Crippen molar-refractivity contribution in [1.29, 1.82) is 0 Å². The summed E-state index contributed by atoms with van der Waals surface area (Å²) in [7, 11) is 0. The van der Waals surface area contributed by atoms with Gasteiger partial charge < -0.3 is 9.14 Å². The zero-order valence-corrected chi connectivity index (χ0v) is 14.4. The van der Waals surface area contributed by atoms with Gasteiger partial charge in [0.1, 0.15) is 11.3 Å². The summed E-state index contributed by atoms with van der Waals surface area (Å²) in [6, 6.07) is 9.51. The molecule has 4 aromatic heterocycles. The average Bonchev–Trinajstić information content (AvgIpc) is 3.28. The Hall–Kier alpha value is -3.48. The van der Waals surface area contributed by atoms with E-state index in [9.17, 15) is 4.79 Å². The van der Waals surface area contributed by atoms with Gasteiger partial charge in [-0.2, -0.15) is 5.10 Å². The molecule has 7 heteroatoms. The molecule has 0 aromatic carbocycles. The number of aromatic amines is 1. The van der Waals surface area contributed by atoms with Gasteiger partial charge in [-0.3, -0.25) is 10.1 Å². The number of carbonyl (C=O) groups excluding carboxylic acids is 1. The van der Waals surface area contributed by atoms with E-state index in [0.717, 1.165) is 16.9 Å². The summed E-state index contributed by atoms with van der Waals surface area (Å²) in [6.07, 6.45) is 5.49. The first kappa shape index (κ1) is 16.0. The molecule has 0 saturated heterocycles. The van der Waals surface area contributed by atoms with Crippen LogP contribution in [0.1, 0.15) is 23.1 Å². The van der Waals surface area contributed by atoms with Crippen LogP contribution in [0.4, 0.5) is 0 Å². The second-order valence-electron chi connectivity index (χ2n) is 5.82. The molecule has 26 heavy (non-hydrogen) atoms. The number of pyridine rings is 2. The smallest absolute Gasteiger partial charge is 0.357 e. The highest BCUT2D eigenvalue weighted by molar-refractivity contribution is 5.99. The highest BCUT2D eigenvalue weighted by Crippen LogP contribution is 2.33. The number of hydrogen-bond donors (Lipinski definition) is 1. The number of carbonyl (C=O) groups is 1. The molecule has 0 spiro atoms. The lowest BCUT2D eigenvalue weighted by Gasteiger charge is -2.07. The standard InChI is InChI=1S/C19H17N5O2/c1-3-26-19(25)18-16(13-7-8-15-20-9-10-24(15)11-13)17(22-23-18)14-6-4-5-12(2)21-14/h4-11H,3H2,1-2H3,(H,22,23). The monoisotopic (exact) mass is 347 g/mol. The number of nitrogens with zero attached hydrogens (tertiary/aromatic N) is 4. The van der Waals surface area contributed by atoms with E-state index in [1.807, 2.05) is 54.0 Å². The van der Waals surface area contributed by atoms with E-state index < -0.39 is 5.97 Å². The lowest BCUT2D eigenvalue weighted by Crippen LogP contribution is -2.07. The summed E-state index contributed by atoms with van der Waals surface area (Å²) < 4.78 is 7.08. The molecule has 0 atom stereocenters. The molecule has 4 rings (SSSR count). The van der Waals surface area contributed by atoms with Crippen molar-refractivity contribution in [2.45, 2.75) is 13.8 Å². The third-order valence-corrected chi connectivity index (χ3v) is 4.05. The summed E-state index contributed by atoms with van der Waals surface area (Å²) in [5.74, 6) is -0.445. The second kappa shape index (κ2) is 6.44. The van der Waals surface area contributed by atoms with Crippen molar-refractivity contribution < 1.29 is 9.53 Å². The summed E-state index contributed by atoms with van der Waals surface area (Å²) in [5.41, 5.74) is 4.80. The van der Waals surface area contributed by atoms with E-state index in [1.165, 1.54) is 0 Å². The molecule has 130 valence electrons. The van der Waals surface area contributed by atoms with Crippen LogP contribution >= 0.6 is 0 Å². The number of nitrogens with one attached hydrogen (secondary N) is 1. The first-order valence-electron chi connectivity index (χ1n) is 8.30. The maximum atomic E-state index is 12.4. The minimum Gasteiger partial charge on any atom is -0.461 e. The number of esters is 1. The molecule has 0 bridgehead atoms. The predicted octanol–water partition coefficient (Wildman–Crippen LogP) is 3.27. The number of ether oxygens (including phenoxy) is 1. The van der Waals surface area contributed by atoms with Crippen LogP contribution in [0.2, 0.25) is 0 Å². The Morgan fingerprint density at radius 1 is 1.27 bits per heavy atom. The molecular weight excluding hydrogens is 330 g/mol. The molecule has 0 radical (unpaired) electrons. The molecule has 0 aliphatic carbocycles. The molecule has 0 fully saturated rings. The van der Waals surface area contributed by atoms with Crippen LogP contribution in [0.15, 0.2) is 48.9 Å². The molecule has 7 nitrogen and oxygen atoms in total. The maximum Gasteiger partial charge on any atom is 0.357 e. The fourth-order valence-electron chi connectivity index (χ4n) is 2.90. The SMILES string of the molecule is CCOC(=O)c1[nH]nc(-c2cccc(C)n2)c1-c1ccc2nccn2c1. The van der Waals surface area contributed by atoms with Gasteiger partial charge in [-0.1, -0.05) is 6.07 Å². The van der Waals surface area contributed by atoms with Crippen LogP contribution in [0.3, 0.4) is 0 Å². The van der Waals surface area contributed by atoms with Crippen LogP contribution in [-0.4, -0.2) is 37.1 Å². The van der Waals surface area contributed by atoms with Crippen molar-refractivity contribution in [2.24, 2.45) is 0 Å². The molecule has 0 aliphatic rings. The maximum absolute atomic E-state index is 12.4. The van der Waals surface area contributed by atoms with Gasteiger partial charge in [0.15, 0.2) is 5.69 Å². The van der Waals surface area contributed by atoms with Gasteiger partial charge in [0.05, 0.1) is 12.3 Å². The predicted molar refractivity (Wildman–Crippen MR) is 96.7 cm³/mol. The van der Waals surface area contributed by atoms with Gasteiger partial charge in [0.25, 0.3) is 0 Å². The normalized spacial score (nSPS) is 11.0. The number of fused-ring (bicyclic) bond motifs is 1. The van der Waals surface area contributed by atoms with E-state index in [4.69, 9.17) is 4.74 Å². The molecule has 0 unspecified atom stereocenters. The number of aromatic nitrogens is 5. The third-order valence-electron chi connectivity index (χ3n) is 4.05. The molecule has 4 aromatic rings. The Balaban J connectivity index is 1.94. The molecule has 1 N–H and O–H groups in total. The van der Waals surface area contributed by atoms with E-state index in [0.29, 0.717) is 22.6 Å². The summed E-state index contributed by atoms with van der Waals surface area (Å²) in [5, 5.41) is 7.19. The second-order valence-corrected chi connectivity index (χ2v) is 5.82. The van der Waals surface area contributed by atoms with Crippen molar-refractivity contribution in [3.05, 3.63) is 60.3 Å². The lowest BCUT2D eigenvalue weighted by atomic mass is 10.0. The lowest BCUT2D eigenvalue weighted by molar-refractivity contribution is 0.0520. The van der Waals surface area contributed by atoms with Gasteiger partial charge in [-0.15, -0.1) is 0 Å². The topological polar surface area (TPSA) is 85.2 Å². The number of imidazole rings is 1. The van der Waals surface area contributed by atoms with Crippen molar-refractivity contribution in [3.8, 4) is 22.5 Å². The van der Waals surface area contributed by atoms with Crippen molar-refractivity contribution in [3.63, 3.8) is 0 Å². The first-order chi connectivity index (χ1) is 12.7. The summed E-state index contributed by atoms with van der Waals surface area (Å²) in [6.45, 7) is 3.98. The van der Waals surface area contributed by atoms with Crippen LogP contribution in [0, 0.1) is 6.92 Å². The van der Waals surface area contributed by atoms with E-state index in [2.05, 4.69) is 20.2 Å². The zero-order valence-electron chi connectivity index (χ0n) is 14.4. The Morgan fingerprint density at radius 2 is 2.15 bits per heavy atom. The van der Waals surface area contributed by atoms with Crippen molar-refractivity contribution in [1.82, 2.24) is 24.6 Å². The minimum atomic E-state index is -0.445. The highest BCUT2D eigenvalue weighted by Gasteiger charge is 2.23. The zero-order chi connectivity index (χ0) is 18.1. The fourth-order valence-corrected chi connectivity index (χ4v) is 2.90. The number of H-pyrrole nitrogens is 1. The van der Waals surface area contributed by atoms with Crippen molar-refractivity contribution >= 4 is 11.6 Å². The van der Waals surface area contributed by atoms with Gasteiger partial charge in [-0.25, -0.2) is 9.78 Å². The summed E-state index contributed by atoms with van der Waals surface area (Å²) in [4.78, 5) is 21.2. The van der Waals surface area contributed by atoms with Crippen LogP contribution in [-0.2, 0) is 4.74 Å². The fraction of sp³-hybridized carbons (Fsp3) is 0.158. The molecular formula is C19H17N5O2. The van der Waals surface area contributed by atoms with Crippen LogP contribution in [0.25, 0.3) is 28.2 Å². The largest absolute Gasteiger partial charge is 0.461 e. The van der Waals surface area contributed by atoms with E-state index >= 15 is 0 Å². The molecule has 4 heterocycles. The molecule has 0 amide bonds. The van der Waals surface area contributed by atoms with Crippen LogP contribution < -0.4 is 0 Å². The highest BCUT2D eigenvalue weighted by atomic mass is 16.5. The van der Waals surface area contributed by atoms with Gasteiger partial charge in [0, 0.05) is 35.4 Å². The number of aryl methyl sites for hydroxylation is 1. The van der Waals surface area contributed by atoms with Gasteiger partial charge in [0.2, 0.25) is 0 Å². The Kier molecular flexibility index (Phi) is 3.96. The number of rotatable bonds is 4. The van der Waals surface area contributed by atoms with Gasteiger partial charge in [-0.05, 0) is 38.1 Å². The van der Waals surface area contributed by atoms with E-state index in [1.54, 1.807) is 13.1 Å². The number of hydrogen-bond acceptors (Lipinski definition) is 5.